The number of carbonyl (C=O) groups is 1. The van der Waals surface area contributed by atoms with E-state index in [9.17, 15) is 4.79 Å². The Kier molecular flexibility index (Phi) is 10.4. The largest absolute Gasteiger partial charge is 0.490 e. The van der Waals surface area contributed by atoms with Gasteiger partial charge in [-0.1, -0.05) is 57.0 Å². The molecule has 2 heteroatoms. The molecule has 0 aromatic heterocycles. The lowest BCUT2D eigenvalue weighted by Crippen LogP contribution is -2.11. The molecule has 0 N–H and O–H groups in total. The van der Waals surface area contributed by atoms with Crippen molar-refractivity contribution >= 4 is 11.9 Å². The molecule has 0 radical (unpaired) electrons. The lowest BCUT2D eigenvalue weighted by Gasteiger charge is -2.15. The van der Waals surface area contributed by atoms with Crippen LogP contribution in [0.3, 0.4) is 0 Å². The fraction of sp³-hybridized carbons (Fsp3) is 0.478. The first-order valence-electron chi connectivity index (χ1n) is 9.50. The second-order valence-electron chi connectivity index (χ2n) is 6.48. The van der Waals surface area contributed by atoms with Crippen LogP contribution in [0.5, 0.6) is 0 Å². The smallest absolute Gasteiger partial charge is 0.174 e. The molecule has 0 bridgehead atoms. The Hall–Kier alpha value is -2.05. The molecule has 1 rings (SSSR count). The molecule has 0 spiro atoms. The second-order valence-corrected chi connectivity index (χ2v) is 6.48. The first kappa shape index (κ1) is 21.0. The molecule has 0 aliphatic heterocycles. The van der Waals surface area contributed by atoms with Crippen molar-refractivity contribution in [3.8, 4) is 0 Å². The molecule has 0 heterocycles. The third-order valence-electron chi connectivity index (χ3n) is 3.69. The van der Waals surface area contributed by atoms with Crippen molar-refractivity contribution in [3.05, 3.63) is 59.0 Å². The van der Waals surface area contributed by atoms with E-state index in [4.69, 9.17) is 4.74 Å². The summed E-state index contributed by atoms with van der Waals surface area (Å²) in [5, 5.41) is 0. The third-order valence-corrected chi connectivity index (χ3v) is 3.69. The molecule has 1 aromatic carbocycles. The Morgan fingerprint density at radius 1 is 1.12 bits per heavy atom. The molecular formula is C23H32O2. The van der Waals surface area contributed by atoms with E-state index in [0.717, 1.165) is 37.7 Å². The second kappa shape index (κ2) is 12.3. The van der Waals surface area contributed by atoms with Gasteiger partial charge in [0.2, 0.25) is 0 Å². The molecule has 0 aliphatic rings. The van der Waals surface area contributed by atoms with Crippen LogP contribution < -0.4 is 0 Å². The zero-order chi connectivity index (χ0) is 18.5. The zero-order valence-electron chi connectivity index (χ0n) is 16.2. The maximum atomic E-state index is 12.7. The normalized spacial score (nSPS) is 11.2. The van der Waals surface area contributed by atoms with Gasteiger partial charge in [-0.25, -0.2) is 0 Å². The van der Waals surface area contributed by atoms with Crippen LogP contribution in [-0.4, -0.2) is 11.9 Å². The van der Waals surface area contributed by atoms with Gasteiger partial charge in [-0.15, -0.1) is 5.73 Å². The van der Waals surface area contributed by atoms with E-state index in [1.165, 1.54) is 0 Å². The van der Waals surface area contributed by atoms with Crippen LogP contribution in [0.2, 0.25) is 0 Å². The SMILES string of the molecule is CCCCC=C=C(C(=O)CCCC)/C(=C\c1ccccc1)OC(C)C. The summed E-state index contributed by atoms with van der Waals surface area (Å²) in [5.41, 5.74) is 4.83. The average molecular weight is 341 g/mol. The van der Waals surface area contributed by atoms with E-state index >= 15 is 0 Å². The monoisotopic (exact) mass is 340 g/mol. The molecule has 0 saturated heterocycles. The minimum Gasteiger partial charge on any atom is -0.490 e. The predicted octanol–water partition coefficient (Wildman–Crippen LogP) is 6.48. The Bertz CT molecular complexity index is 602. The van der Waals surface area contributed by atoms with E-state index in [2.05, 4.69) is 19.6 Å². The van der Waals surface area contributed by atoms with Crippen molar-refractivity contribution in [1.29, 1.82) is 0 Å². The number of benzene rings is 1. The van der Waals surface area contributed by atoms with Crippen LogP contribution in [0.15, 0.2) is 53.5 Å². The molecule has 0 fully saturated rings. The Morgan fingerprint density at radius 3 is 2.40 bits per heavy atom. The van der Waals surface area contributed by atoms with Crippen LogP contribution in [-0.2, 0) is 9.53 Å². The Balaban J connectivity index is 3.24. The summed E-state index contributed by atoms with van der Waals surface area (Å²) in [6, 6.07) is 9.97. The van der Waals surface area contributed by atoms with Crippen molar-refractivity contribution in [3.63, 3.8) is 0 Å². The summed E-state index contributed by atoms with van der Waals surface area (Å²) in [7, 11) is 0. The van der Waals surface area contributed by atoms with Crippen molar-refractivity contribution < 1.29 is 9.53 Å². The zero-order valence-corrected chi connectivity index (χ0v) is 16.2. The number of hydrogen-bond donors (Lipinski definition) is 0. The fourth-order valence-electron chi connectivity index (χ4n) is 2.35. The lowest BCUT2D eigenvalue weighted by molar-refractivity contribution is -0.115. The summed E-state index contributed by atoms with van der Waals surface area (Å²) in [4.78, 5) is 12.7. The van der Waals surface area contributed by atoms with E-state index < -0.39 is 0 Å². The van der Waals surface area contributed by atoms with Gasteiger partial charge in [-0.3, -0.25) is 4.79 Å². The van der Waals surface area contributed by atoms with Gasteiger partial charge >= 0.3 is 0 Å². The number of ketones is 1. The summed E-state index contributed by atoms with van der Waals surface area (Å²) in [5.74, 6) is 0.729. The van der Waals surface area contributed by atoms with Gasteiger partial charge in [-0.05, 0) is 50.8 Å². The van der Waals surface area contributed by atoms with Gasteiger partial charge in [0.25, 0.3) is 0 Å². The maximum absolute atomic E-state index is 12.7. The van der Waals surface area contributed by atoms with Gasteiger partial charge in [0.15, 0.2) is 5.78 Å². The number of Topliss-reactive ketones (excluding diaryl/α,β-unsaturated/α-hetero) is 1. The lowest BCUT2D eigenvalue weighted by atomic mass is 10.0. The first-order chi connectivity index (χ1) is 12.1. The summed E-state index contributed by atoms with van der Waals surface area (Å²) < 4.78 is 6.00. The topological polar surface area (TPSA) is 26.3 Å². The van der Waals surface area contributed by atoms with Crippen LogP contribution in [0.25, 0.3) is 6.08 Å². The van der Waals surface area contributed by atoms with E-state index in [0.29, 0.717) is 17.8 Å². The third kappa shape index (κ3) is 8.56. The highest BCUT2D eigenvalue weighted by atomic mass is 16.5. The summed E-state index contributed by atoms with van der Waals surface area (Å²) >= 11 is 0. The highest BCUT2D eigenvalue weighted by Crippen LogP contribution is 2.20. The molecular weight excluding hydrogens is 308 g/mol. The number of ether oxygens (including phenoxy) is 1. The van der Waals surface area contributed by atoms with E-state index in [-0.39, 0.29) is 11.9 Å². The molecule has 0 amide bonds. The van der Waals surface area contributed by atoms with E-state index in [1.807, 2.05) is 56.3 Å². The van der Waals surface area contributed by atoms with Crippen molar-refractivity contribution in [2.24, 2.45) is 0 Å². The van der Waals surface area contributed by atoms with E-state index in [1.54, 1.807) is 0 Å². The van der Waals surface area contributed by atoms with Gasteiger partial charge < -0.3 is 4.74 Å². The standard InChI is InChI=1S/C23H32O2/c1-5-7-9-13-16-21(22(24)17-8-6-2)23(25-19(3)4)18-20-14-11-10-12-15-20/h10-15,18-19H,5-9,17H2,1-4H3/b23-18+. The predicted molar refractivity (Wildman–Crippen MR) is 106 cm³/mol. The van der Waals surface area contributed by atoms with Crippen molar-refractivity contribution in [1.82, 2.24) is 0 Å². The van der Waals surface area contributed by atoms with Crippen LogP contribution in [0.4, 0.5) is 0 Å². The number of hydrogen-bond acceptors (Lipinski definition) is 2. The molecule has 0 atom stereocenters. The summed E-state index contributed by atoms with van der Waals surface area (Å²) in [6.45, 7) is 8.22. The molecule has 0 unspecified atom stereocenters. The van der Waals surface area contributed by atoms with Gasteiger partial charge in [-0.2, -0.15) is 0 Å². The molecule has 2 nitrogen and oxygen atoms in total. The molecule has 136 valence electrons. The Morgan fingerprint density at radius 2 is 1.80 bits per heavy atom. The van der Waals surface area contributed by atoms with Gasteiger partial charge in [0, 0.05) is 6.42 Å². The minimum atomic E-state index is 0.00128. The van der Waals surface area contributed by atoms with Gasteiger partial charge in [0.1, 0.15) is 11.3 Å². The minimum absolute atomic E-state index is 0.00128. The van der Waals surface area contributed by atoms with Crippen molar-refractivity contribution in [2.45, 2.75) is 72.3 Å². The number of unbranched alkanes of at least 4 members (excludes halogenated alkanes) is 3. The molecule has 0 aliphatic carbocycles. The van der Waals surface area contributed by atoms with Crippen LogP contribution >= 0.6 is 0 Å². The number of allylic oxidation sites excluding steroid dienone is 1. The quantitative estimate of drug-likeness (QED) is 0.151. The molecule has 0 saturated carbocycles. The summed E-state index contributed by atoms with van der Waals surface area (Å²) in [6.07, 6.45) is 9.51. The van der Waals surface area contributed by atoms with Crippen LogP contribution in [0, 0.1) is 0 Å². The Labute approximate surface area is 153 Å². The highest BCUT2D eigenvalue weighted by molar-refractivity contribution is 5.99. The number of rotatable bonds is 11. The van der Waals surface area contributed by atoms with Crippen molar-refractivity contribution in [2.75, 3.05) is 0 Å². The molecule has 25 heavy (non-hydrogen) atoms. The highest BCUT2D eigenvalue weighted by Gasteiger charge is 2.16. The first-order valence-corrected chi connectivity index (χ1v) is 9.50. The van der Waals surface area contributed by atoms with Gasteiger partial charge in [0.05, 0.1) is 6.10 Å². The maximum Gasteiger partial charge on any atom is 0.174 e. The molecule has 1 aromatic rings. The van der Waals surface area contributed by atoms with Crippen LogP contribution in [0.1, 0.15) is 71.8 Å². The fourth-order valence-corrected chi connectivity index (χ4v) is 2.35. The number of carbonyl (C=O) groups excluding carboxylic acids is 1. The average Bonchev–Trinajstić information content (AvgIpc) is 2.59.